The lowest BCUT2D eigenvalue weighted by Gasteiger charge is -2.29. The van der Waals surface area contributed by atoms with Gasteiger partial charge in [-0.1, -0.05) is 18.2 Å². The molecule has 2 amide bonds. The summed E-state index contributed by atoms with van der Waals surface area (Å²) in [6.45, 7) is 2.94. The van der Waals surface area contributed by atoms with E-state index in [1.807, 2.05) is 35.2 Å². The maximum absolute atomic E-state index is 12.4. The maximum Gasteiger partial charge on any atom is 0.228 e. The number of hydrogen-bond acceptors (Lipinski definition) is 3. The molecule has 2 heterocycles. The van der Waals surface area contributed by atoms with Crippen LogP contribution in [-0.2, 0) is 14.3 Å². The van der Waals surface area contributed by atoms with E-state index in [-0.39, 0.29) is 17.7 Å². The lowest BCUT2D eigenvalue weighted by molar-refractivity contribution is -0.139. The second kappa shape index (κ2) is 5.63. The number of rotatable bonds is 2. The summed E-state index contributed by atoms with van der Waals surface area (Å²) in [5.74, 6) is -0.108. The van der Waals surface area contributed by atoms with E-state index in [0.29, 0.717) is 39.3 Å². The van der Waals surface area contributed by atoms with Crippen LogP contribution in [0.25, 0.3) is 0 Å². The number of nitrogens with zero attached hydrogens (tertiary/aromatic N) is 2. The summed E-state index contributed by atoms with van der Waals surface area (Å²) in [6.07, 6.45) is 0.311. The van der Waals surface area contributed by atoms with Crippen molar-refractivity contribution in [3.05, 3.63) is 30.3 Å². The number of hydrogen-bond donors (Lipinski definition) is 0. The Bertz CT molecular complexity index is 497. The number of benzene rings is 1. The zero-order valence-corrected chi connectivity index (χ0v) is 11.3. The van der Waals surface area contributed by atoms with Crippen molar-refractivity contribution in [2.24, 2.45) is 5.92 Å². The van der Waals surface area contributed by atoms with E-state index in [1.54, 1.807) is 4.90 Å². The largest absolute Gasteiger partial charge is 0.378 e. The van der Waals surface area contributed by atoms with Crippen molar-refractivity contribution in [2.75, 3.05) is 37.7 Å². The van der Waals surface area contributed by atoms with Crippen molar-refractivity contribution in [1.29, 1.82) is 0 Å². The maximum atomic E-state index is 12.4. The third-order valence-corrected chi connectivity index (χ3v) is 3.86. The SMILES string of the molecule is O=C(C1CC(=O)N(c2ccccc2)C1)N1CCOCC1. The average Bonchev–Trinajstić information content (AvgIpc) is 2.90. The van der Waals surface area contributed by atoms with Crippen molar-refractivity contribution < 1.29 is 14.3 Å². The molecule has 1 aromatic rings. The zero-order valence-electron chi connectivity index (χ0n) is 11.3. The Balaban J connectivity index is 1.68. The molecule has 106 valence electrons. The van der Waals surface area contributed by atoms with E-state index < -0.39 is 0 Å². The summed E-state index contributed by atoms with van der Waals surface area (Å²) in [4.78, 5) is 28.0. The Morgan fingerprint density at radius 2 is 1.85 bits per heavy atom. The lowest BCUT2D eigenvalue weighted by Crippen LogP contribution is -2.44. The Hall–Kier alpha value is -1.88. The van der Waals surface area contributed by atoms with Gasteiger partial charge in [-0.3, -0.25) is 9.59 Å². The first-order valence-corrected chi connectivity index (χ1v) is 6.97. The Morgan fingerprint density at radius 1 is 1.15 bits per heavy atom. The summed E-state index contributed by atoms with van der Waals surface area (Å²) >= 11 is 0. The molecule has 2 saturated heterocycles. The average molecular weight is 274 g/mol. The van der Waals surface area contributed by atoms with Crippen molar-refractivity contribution >= 4 is 17.5 Å². The molecule has 20 heavy (non-hydrogen) atoms. The minimum absolute atomic E-state index is 0.0304. The minimum atomic E-state index is -0.221. The van der Waals surface area contributed by atoms with Crippen molar-refractivity contribution in [2.45, 2.75) is 6.42 Å². The van der Waals surface area contributed by atoms with E-state index >= 15 is 0 Å². The Kier molecular flexibility index (Phi) is 3.69. The third kappa shape index (κ3) is 2.54. The highest BCUT2D eigenvalue weighted by molar-refractivity contribution is 6.00. The van der Waals surface area contributed by atoms with Gasteiger partial charge >= 0.3 is 0 Å². The quantitative estimate of drug-likeness (QED) is 0.805. The summed E-state index contributed by atoms with van der Waals surface area (Å²) in [5, 5.41) is 0. The van der Waals surface area contributed by atoms with Crippen molar-refractivity contribution in [3.8, 4) is 0 Å². The highest BCUT2D eigenvalue weighted by Crippen LogP contribution is 2.26. The summed E-state index contributed by atoms with van der Waals surface area (Å²) in [7, 11) is 0. The molecule has 2 aliphatic rings. The number of morpholine rings is 1. The molecule has 0 bridgehead atoms. The molecule has 0 radical (unpaired) electrons. The van der Waals surface area contributed by atoms with Gasteiger partial charge < -0.3 is 14.5 Å². The first kappa shape index (κ1) is 13.1. The van der Waals surface area contributed by atoms with Gasteiger partial charge in [-0.2, -0.15) is 0 Å². The van der Waals surface area contributed by atoms with Gasteiger partial charge in [0.15, 0.2) is 0 Å². The van der Waals surface area contributed by atoms with Gasteiger partial charge in [0.2, 0.25) is 11.8 Å². The summed E-state index contributed by atoms with van der Waals surface area (Å²) in [6, 6.07) is 9.53. The second-order valence-electron chi connectivity index (χ2n) is 5.18. The molecule has 2 aliphatic heterocycles. The van der Waals surface area contributed by atoms with Gasteiger partial charge in [-0.25, -0.2) is 0 Å². The van der Waals surface area contributed by atoms with Crippen LogP contribution in [0.3, 0.4) is 0 Å². The predicted octanol–water partition coefficient (Wildman–Crippen LogP) is 0.898. The molecule has 1 unspecified atom stereocenters. The number of ether oxygens (including phenoxy) is 1. The van der Waals surface area contributed by atoms with E-state index in [4.69, 9.17) is 4.74 Å². The Labute approximate surface area is 118 Å². The molecule has 0 spiro atoms. The molecular weight excluding hydrogens is 256 g/mol. The van der Waals surface area contributed by atoms with Crippen LogP contribution >= 0.6 is 0 Å². The molecule has 1 aromatic carbocycles. The van der Waals surface area contributed by atoms with Crippen LogP contribution < -0.4 is 4.90 Å². The van der Waals surface area contributed by atoms with Crippen LogP contribution in [0.4, 0.5) is 5.69 Å². The van der Waals surface area contributed by atoms with Crippen LogP contribution in [0, 0.1) is 5.92 Å². The van der Waals surface area contributed by atoms with E-state index in [9.17, 15) is 9.59 Å². The second-order valence-corrected chi connectivity index (χ2v) is 5.18. The first-order valence-electron chi connectivity index (χ1n) is 6.97. The molecule has 1 atom stereocenters. The molecule has 0 N–H and O–H groups in total. The van der Waals surface area contributed by atoms with E-state index in [1.165, 1.54) is 0 Å². The zero-order chi connectivity index (χ0) is 13.9. The smallest absolute Gasteiger partial charge is 0.228 e. The fraction of sp³-hybridized carbons (Fsp3) is 0.467. The van der Waals surface area contributed by atoms with E-state index in [0.717, 1.165) is 5.69 Å². The van der Waals surface area contributed by atoms with Crippen LogP contribution in [0.15, 0.2) is 30.3 Å². The fourth-order valence-corrected chi connectivity index (χ4v) is 2.77. The molecule has 0 saturated carbocycles. The number of carbonyl (C=O) groups is 2. The topological polar surface area (TPSA) is 49.9 Å². The Morgan fingerprint density at radius 3 is 2.55 bits per heavy atom. The van der Waals surface area contributed by atoms with Gasteiger partial charge in [0.25, 0.3) is 0 Å². The molecule has 2 fully saturated rings. The number of amides is 2. The van der Waals surface area contributed by atoms with Crippen LogP contribution in [0.1, 0.15) is 6.42 Å². The predicted molar refractivity (Wildman–Crippen MR) is 74.3 cm³/mol. The van der Waals surface area contributed by atoms with Crippen LogP contribution in [0.5, 0.6) is 0 Å². The highest BCUT2D eigenvalue weighted by Gasteiger charge is 2.37. The molecular formula is C15H18N2O3. The minimum Gasteiger partial charge on any atom is -0.378 e. The third-order valence-electron chi connectivity index (χ3n) is 3.86. The highest BCUT2D eigenvalue weighted by atomic mass is 16.5. The van der Waals surface area contributed by atoms with Crippen molar-refractivity contribution in [3.63, 3.8) is 0 Å². The van der Waals surface area contributed by atoms with Gasteiger partial charge in [0.1, 0.15) is 0 Å². The number of carbonyl (C=O) groups excluding carboxylic acids is 2. The molecule has 0 aromatic heterocycles. The van der Waals surface area contributed by atoms with Gasteiger partial charge in [-0.15, -0.1) is 0 Å². The van der Waals surface area contributed by atoms with Gasteiger partial charge in [0, 0.05) is 31.7 Å². The fourth-order valence-electron chi connectivity index (χ4n) is 2.77. The van der Waals surface area contributed by atoms with E-state index in [2.05, 4.69) is 0 Å². The van der Waals surface area contributed by atoms with Gasteiger partial charge in [0.05, 0.1) is 19.1 Å². The number of para-hydroxylation sites is 1. The summed E-state index contributed by atoms with van der Waals surface area (Å²) in [5.41, 5.74) is 0.870. The number of anilines is 1. The standard InChI is InChI=1S/C15H18N2O3/c18-14-10-12(15(19)16-6-8-20-9-7-16)11-17(14)13-4-2-1-3-5-13/h1-5,12H,6-11H2. The molecule has 5 nitrogen and oxygen atoms in total. The summed E-state index contributed by atoms with van der Waals surface area (Å²) < 4.78 is 5.25. The van der Waals surface area contributed by atoms with Crippen molar-refractivity contribution in [1.82, 2.24) is 4.90 Å². The monoisotopic (exact) mass is 274 g/mol. The molecule has 3 rings (SSSR count). The molecule has 0 aliphatic carbocycles. The van der Waals surface area contributed by atoms with Crippen LogP contribution in [0.2, 0.25) is 0 Å². The molecule has 5 heteroatoms. The van der Waals surface area contributed by atoms with Gasteiger partial charge in [-0.05, 0) is 12.1 Å². The first-order chi connectivity index (χ1) is 9.75. The normalized spacial score (nSPS) is 23.2. The lowest BCUT2D eigenvalue weighted by atomic mass is 10.1. The van der Waals surface area contributed by atoms with Crippen LogP contribution in [-0.4, -0.2) is 49.6 Å².